The number of nitrogens with one attached hydrogen (secondary N) is 1. The van der Waals surface area contributed by atoms with Crippen LogP contribution in [-0.4, -0.2) is 19.8 Å². The minimum absolute atomic E-state index is 0.0166. The minimum atomic E-state index is -0.241. The first-order valence-electron chi connectivity index (χ1n) is 2.40. The van der Waals surface area contributed by atoms with Gasteiger partial charge in [-0.1, -0.05) is 0 Å². The Morgan fingerprint density at radius 2 is 2.43 bits per heavy atom. The zero-order valence-electron chi connectivity index (χ0n) is 4.25. The van der Waals surface area contributed by atoms with Gasteiger partial charge in [-0.2, -0.15) is 0 Å². The molecular formula is C4H9I2N. The van der Waals surface area contributed by atoms with Crippen LogP contribution in [0.15, 0.2) is 0 Å². The first-order valence-corrected chi connectivity index (χ1v) is 14.1. The number of alkyl halides is 3. The van der Waals surface area contributed by atoms with E-state index in [1.54, 1.807) is 8.86 Å². The summed E-state index contributed by atoms with van der Waals surface area (Å²) in [5.41, 5.74) is 0. The summed E-state index contributed by atoms with van der Waals surface area (Å²) in [5.74, 6) is 0. The Balaban J connectivity index is 1.92. The Kier molecular flexibility index (Phi) is 1.27. The van der Waals surface area contributed by atoms with Crippen molar-refractivity contribution in [2.75, 3.05) is 15.9 Å². The summed E-state index contributed by atoms with van der Waals surface area (Å²) in [7, 11) is 2.18. The average Bonchev–Trinajstić information content (AvgIpc) is 2.18. The van der Waals surface area contributed by atoms with Crippen molar-refractivity contribution in [3.63, 3.8) is 0 Å². The Morgan fingerprint density at radius 1 is 1.57 bits per heavy atom. The van der Waals surface area contributed by atoms with Gasteiger partial charge in [0.25, 0.3) is 0 Å². The van der Waals surface area contributed by atoms with Gasteiger partial charge in [-0.3, -0.25) is 0 Å². The molecule has 1 unspecified atom stereocenters. The summed E-state index contributed by atoms with van der Waals surface area (Å²) < 4.78 is 8.33. The summed E-state index contributed by atoms with van der Waals surface area (Å²) in [5, 5.41) is 0. The zero-order chi connectivity index (χ0) is 4.85. The number of rotatable bonds is 1. The molecule has 0 spiro atoms. The predicted molar refractivity (Wildman–Crippen MR) is 50.6 cm³/mol. The summed E-state index contributed by atoms with van der Waals surface area (Å²) in [6.07, 6.45) is 0. The van der Waals surface area contributed by atoms with E-state index in [2.05, 4.69) is 10.6 Å². The molecule has 2 rings (SSSR count). The third-order valence-corrected chi connectivity index (χ3v) is 30.9. The molecule has 2 aliphatic heterocycles. The molecule has 44 valence electrons. The SMILES string of the molecule is CNI1CC2CI21. The number of hydrogen-bond donors (Lipinski definition) is 1. The Hall–Kier alpha value is 1.42. The van der Waals surface area contributed by atoms with Crippen LogP contribution in [0.3, 0.4) is 0 Å². The quantitative estimate of drug-likeness (QED) is 0.437. The molecule has 0 amide bonds. The van der Waals surface area contributed by atoms with E-state index in [-0.39, 0.29) is 32.0 Å². The van der Waals surface area contributed by atoms with E-state index < -0.39 is 0 Å². The molecule has 1 nitrogen and oxygen atoms in total. The summed E-state index contributed by atoms with van der Waals surface area (Å²) in [4.78, 5) is 0. The van der Waals surface area contributed by atoms with Gasteiger partial charge >= 0.3 is 55.3 Å². The van der Waals surface area contributed by atoms with Crippen LogP contribution >= 0.6 is 32.0 Å². The molecule has 1 atom stereocenters. The van der Waals surface area contributed by atoms with Crippen molar-refractivity contribution in [2.45, 2.75) is 3.92 Å². The van der Waals surface area contributed by atoms with Crippen molar-refractivity contribution in [1.82, 2.24) is 3.53 Å². The van der Waals surface area contributed by atoms with Gasteiger partial charge in [-0.05, 0) is 0 Å². The van der Waals surface area contributed by atoms with Crippen LogP contribution in [0.2, 0.25) is 0 Å². The molecule has 0 bridgehead atoms. The molecule has 0 aromatic heterocycles. The van der Waals surface area contributed by atoms with Gasteiger partial charge in [0, 0.05) is 0 Å². The molecule has 2 heterocycles. The van der Waals surface area contributed by atoms with Gasteiger partial charge in [-0.25, -0.2) is 0 Å². The van der Waals surface area contributed by atoms with Gasteiger partial charge in [0.15, 0.2) is 0 Å². The van der Waals surface area contributed by atoms with Crippen LogP contribution in [-0.2, 0) is 0 Å². The van der Waals surface area contributed by atoms with E-state index in [0.29, 0.717) is 0 Å². The molecule has 3 heteroatoms. The molecular weight excluding hydrogens is 316 g/mol. The second-order valence-corrected chi connectivity index (χ2v) is 23.6. The standard InChI is InChI=1S/C4H9I2N/c1-7-6-3-4-2-5(4)6/h4,7H,2-3H2,1H3. The monoisotopic (exact) mass is 325 g/mol. The second kappa shape index (κ2) is 1.70. The van der Waals surface area contributed by atoms with Gasteiger partial charge in [0.1, 0.15) is 0 Å². The predicted octanol–water partition coefficient (Wildman–Crippen LogP) is 1.44. The number of fused-ring (bicyclic) bond motifs is 1. The van der Waals surface area contributed by atoms with Crippen molar-refractivity contribution in [3.05, 3.63) is 0 Å². The molecule has 2 saturated heterocycles. The van der Waals surface area contributed by atoms with Crippen LogP contribution in [0.1, 0.15) is 0 Å². The van der Waals surface area contributed by atoms with E-state index in [1.165, 1.54) is 3.92 Å². The third kappa shape index (κ3) is 0.718. The molecule has 2 fully saturated rings. The number of halogens is 2. The van der Waals surface area contributed by atoms with Crippen LogP contribution in [0, 0.1) is 0 Å². The second-order valence-electron chi connectivity index (χ2n) is 1.74. The van der Waals surface area contributed by atoms with Crippen LogP contribution in [0.25, 0.3) is 0 Å². The summed E-state index contributed by atoms with van der Waals surface area (Å²) >= 11 is -0.258. The maximum absolute atomic E-state index is 3.52. The van der Waals surface area contributed by atoms with Gasteiger partial charge in [-0.15, -0.1) is 0 Å². The third-order valence-electron chi connectivity index (χ3n) is 1.28. The summed E-state index contributed by atoms with van der Waals surface area (Å²) in [6, 6.07) is 0. The fraction of sp³-hybridized carbons (Fsp3) is 1.00. The maximum atomic E-state index is 3.52. The molecule has 2 aliphatic rings. The average molecular weight is 325 g/mol. The van der Waals surface area contributed by atoms with Crippen molar-refractivity contribution in [1.29, 1.82) is 0 Å². The Morgan fingerprint density at radius 3 is 2.57 bits per heavy atom. The number of hydrogen-bond acceptors (Lipinski definition) is 1. The van der Waals surface area contributed by atoms with Crippen molar-refractivity contribution < 1.29 is 0 Å². The van der Waals surface area contributed by atoms with E-state index in [4.69, 9.17) is 0 Å². The van der Waals surface area contributed by atoms with E-state index >= 15 is 0 Å². The molecule has 7 heavy (non-hydrogen) atoms. The van der Waals surface area contributed by atoms with Crippen molar-refractivity contribution in [3.8, 4) is 0 Å². The van der Waals surface area contributed by atoms with E-state index in [9.17, 15) is 0 Å². The Bertz CT molecular complexity index is 95.7. The first-order chi connectivity index (χ1) is 3.42. The molecule has 1 N–H and O–H groups in total. The normalized spacial score (nSPS) is 45.0. The molecule has 0 aromatic carbocycles. The summed E-state index contributed by atoms with van der Waals surface area (Å²) in [6.45, 7) is 0. The van der Waals surface area contributed by atoms with E-state index in [1.807, 2.05) is 0 Å². The van der Waals surface area contributed by atoms with Crippen LogP contribution in [0.5, 0.6) is 0 Å². The van der Waals surface area contributed by atoms with Crippen molar-refractivity contribution >= 4 is 32.0 Å². The first kappa shape index (κ1) is 5.22. The van der Waals surface area contributed by atoms with Crippen molar-refractivity contribution in [2.24, 2.45) is 0 Å². The fourth-order valence-electron chi connectivity index (χ4n) is 0.772. The van der Waals surface area contributed by atoms with Crippen LogP contribution < -0.4 is 3.53 Å². The molecule has 0 aromatic rings. The van der Waals surface area contributed by atoms with Gasteiger partial charge in [0.2, 0.25) is 0 Å². The van der Waals surface area contributed by atoms with Crippen LogP contribution in [0.4, 0.5) is 0 Å². The molecule has 0 radical (unpaired) electrons. The molecule has 0 aliphatic carbocycles. The van der Waals surface area contributed by atoms with E-state index in [0.717, 1.165) is 0 Å². The van der Waals surface area contributed by atoms with Gasteiger partial charge in [0.05, 0.1) is 0 Å². The Labute approximate surface area is 54.8 Å². The zero-order valence-corrected chi connectivity index (χ0v) is 8.56. The topological polar surface area (TPSA) is 12.0 Å². The fourth-order valence-corrected chi connectivity index (χ4v) is 33.0. The molecule has 0 saturated carbocycles. The van der Waals surface area contributed by atoms with Gasteiger partial charge < -0.3 is 0 Å².